The Morgan fingerprint density at radius 1 is 0.969 bits per heavy atom. The van der Waals surface area contributed by atoms with Gasteiger partial charge >= 0.3 is 0 Å². The largest absolute Gasteiger partial charge is 0.332 e. The normalized spacial score (nSPS) is 13.7. The van der Waals surface area contributed by atoms with Gasteiger partial charge in [-0.3, -0.25) is 4.79 Å². The first-order valence-electron chi connectivity index (χ1n) is 11.0. The molecule has 1 aliphatic rings. The number of thioether (sulfide) groups is 1. The molecule has 0 saturated heterocycles. The van der Waals surface area contributed by atoms with E-state index in [2.05, 4.69) is 42.2 Å². The molecule has 3 aromatic carbocycles. The molecule has 0 aliphatic carbocycles. The number of amides is 1. The molecule has 0 bridgehead atoms. The summed E-state index contributed by atoms with van der Waals surface area (Å²) in [4.78, 5) is 23.8. The fourth-order valence-electron chi connectivity index (χ4n) is 4.21. The summed E-state index contributed by atoms with van der Waals surface area (Å²) in [5.74, 6) is 0.154. The van der Waals surface area contributed by atoms with Crippen LogP contribution in [0.3, 0.4) is 0 Å². The number of aromatic nitrogens is 2. The number of rotatable bonds is 6. The maximum atomic E-state index is 13.4. The predicted molar refractivity (Wildman–Crippen MR) is 132 cm³/mol. The average molecular weight is 440 g/mol. The maximum Gasteiger partial charge on any atom is 0.240 e. The average Bonchev–Trinajstić information content (AvgIpc) is 3.48. The van der Waals surface area contributed by atoms with Crippen LogP contribution in [-0.4, -0.2) is 27.7 Å². The van der Waals surface area contributed by atoms with Crippen LogP contribution in [0.2, 0.25) is 0 Å². The number of H-pyrrole nitrogens is 1. The third kappa shape index (κ3) is 3.96. The molecule has 5 rings (SSSR count). The fourth-order valence-corrected chi connectivity index (χ4v) is 5.18. The topological polar surface area (TPSA) is 49.0 Å². The van der Waals surface area contributed by atoms with Crippen LogP contribution < -0.4 is 4.90 Å². The molecule has 5 heteroatoms. The van der Waals surface area contributed by atoms with Gasteiger partial charge in [0.05, 0.1) is 16.6 Å². The van der Waals surface area contributed by atoms with Gasteiger partial charge in [0, 0.05) is 23.4 Å². The van der Waals surface area contributed by atoms with Crippen LogP contribution in [0, 0.1) is 0 Å². The highest BCUT2D eigenvalue weighted by atomic mass is 32.2. The van der Waals surface area contributed by atoms with Gasteiger partial charge in [0.2, 0.25) is 5.91 Å². The molecule has 1 amide bonds. The number of nitrogens with one attached hydrogen (secondary N) is 1. The fraction of sp³-hybridized carbons (Fsp3) is 0.185. The molecule has 0 radical (unpaired) electrons. The minimum atomic E-state index is -0.195. The summed E-state index contributed by atoms with van der Waals surface area (Å²) in [5, 5.41) is 0.579. The second kappa shape index (κ2) is 9.05. The summed E-state index contributed by atoms with van der Waals surface area (Å²) in [6.45, 7) is 2.81. The van der Waals surface area contributed by atoms with Crippen molar-refractivity contribution in [2.45, 2.75) is 30.2 Å². The Hall–Kier alpha value is -3.31. The summed E-state index contributed by atoms with van der Waals surface area (Å²) in [6.07, 6.45) is 1.66. The number of anilines is 1. The number of hydrogen-bond donors (Lipinski definition) is 1. The lowest BCUT2D eigenvalue weighted by molar-refractivity contribution is -0.118. The van der Waals surface area contributed by atoms with Crippen LogP contribution in [-0.2, 0) is 11.2 Å². The third-order valence-electron chi connectivity index (χ3n) is 5.85. The van der Waals surface area contributed by atoms with Gasteiger partial charge in [0.15, 0.2) is 5.16 Å². The molecule has 4 nitrogen and oxygen atoms in total. The lowest BCUT2D eigenvalue weighted by atomic mass is 10.1. The van der Waals surface area contributed by atoms with E-state index < -0.39 is 0 Å². The molecule has 0 saturated carbocycles. The van der Waals surface area contributed by atoms with E-state index in [-0.39, 0.29) is 11.2 Å². The molecule has 0 fully saturated rings. The smallest absolute Gasteiger partial charge is 0.240 e. The number of fused-ring (bicyclic) bond motifs is 1. The van der Waals surface area contributed by atoms with Crippen molar-refractivity contribution in [3.63, 3.8) is 0 Å². The van der Waals surface area contributed by atoms with Crippen molar-refractivity contribution in [3.8, 4) is 22.5 Å². The van der Waals surface area contributed by atoms with E-state index in [9.17, 15) is 4.79 Å². The first kappa shape index (κ1) is 20.6. The molecule has 2 heterocycles. The Labute approximate surface area is 192 Å². The summed E-state index contributed by atoms with van der Waals surface area (Å²) in [5.41, 5.74) is 6.32. The quantitative estimate of drug-likeness (QED) is 0.364. The SMILES string of the molecule is CCC(Sc1nc(-c2ccccc2)c(-c2ccccc2)[nH]1)C(=O)N1CCc2ccccc21. The number of carbonyl (C=O) groups is 1. The van der Waals surface area contributed by atoms with Crippen LogP contribution in [0.5, 0.6) is 0 Å². The summed E-state index contributed by atoms with van der Waals surface area (Å²) < 4.78 is 0. The highest BCUT2D eigenvalue weighted by molar-refractivity contribution is 8.00. The number of carbonyl (C=O) groups excluding carboxylic acids is 1. The van der Waals surface area contributed by atoms with Crippen molar-refractivity contribution < 1.29 is 4.79 Å². The van der Waals surface area contributed by atoms with Crippen molar-refractivity contribution in [2.75, 3.05) is 11.4 Å². The van der Waals surface area contributed by atoms with Crippen LogP contribution in [0.15, 0.2) is 90.1 Å². The van der Waals surface area contributed by atoms with E-state index in [4.69, 9.17) is 4.98 Å². The van der Waals surface area contributed by atoms with E-state index in [1.807, 2.05) is 59.5 Å². The van der Waals surface area contributed by atoms with Crippen molar-refractivity contribution in [3.05, 3.63) is 90.5 Å². The Balaban J connectivity index is 1.46. The van der Waals surface area contributed by atoms with Gasteiger partial charge in [-0.25, -0.2) is 4.98 Å². The Morgan fingerprint density at radius 3 is 2.34 bits per heavy atom. The van der Waals surface area contributed by atoms with Gasteiger partial charge in [-0.1, -0.05) is 97.5 Å². The Kier molecular flexibility index (Phi) is 5.82. The Morgan fingerprint density at radius 2 is 1.62 bits per heavy atom. The third-order valence-corrected chi connectivity index (χ3v) is 7.08. The molecule has 1 aromatic heterocycles. The zero-order valence-corrected chi connectivity index (χ0v) is 18.8. The molecule has 1 N–H and O–H groups in total. The molecule has 1 aliphatic heterocycles. The van der Waals surface area contributed by atoms with Gasteiger partial charge in [-0.2, -0.15) is 0 Å². The molecular weight excluding hydrogens is 414 g/mol. The summed E-state index contributed by atoms with van der Waals surface area (Å²) in [7, 11) is 0. The van der Waals surface area contributed by atoms with Crippen molar-refractivity contribution >= 4 is 23.4 Å². The minimum absolute atomic E-state index is 0.154. The van der Waals surface area contributed by atoms with Gasteiger partial charge in [-0.15, -0.1) is 0 Å². The zero-order chi connectivity index (χ0) is 21.9. The van der Waals surface area contributed by atoms with E-state index >= 15 is 0 Å². The second-order valence-electron chi connectivity index (χ2n) is 7.88. The lowest BCUT2D eigenvalue weighted by Gasteiger charge is -2.22. The molecule has 32 heavy (non-hydrogen) atoms. The first-order chi connectivity index (χ1) is 15.7. The van der Waals surface area contributed by atoms with E-state index in [0.29, 0.717) is 0 Å². The Bertz CT molecular complexity index is 1160. The van der Waals surface area contributed by atoms with Gasteiger partial charge < -0.3 is 9.88 Å². The monoisotopic (exact) mass is 439 g/mol. The predicted octanol–water partition coefficient (Wildman–Crippen LogP) is 6.20. The van der Waals surface area contributed by atoms with Crippen molar-refractivity contribution in [2.24, 2.45) is 0 Å². The first-order valence-corrected chi connectivity index (χ1v) is 11.9. The summed E-state index contributed by atoms with van der Waals surface area (Å²) >= 11 is 1.52. The standard InChI is InChI=1S/C27H25N3OS/c1-2-23(26(31)30-18-17-19-11-9-10-16-22(19)30)32-27-28-24(20-12-5-3-6-13-20)25(29-27)21-14-7-4-8-15-21/h3-16,23H,2,17-18H2,1H3,(H,28,29). The van der Waals surface area contributed by atoms with E-state index in [1.54, 1.807) is 0 Å². The number of hydrogen-bond acceptors (Lipinski definition) is 3. The number of nitrogens with zero attached hydrogens (tertiary/aromatic N) is 2. The van der Waals surface area contributed by atoms with Gasteiger partial charge in [0.1, 0.15) is 0 Å². The molecule has 1 atom stereocenters. The lowest BCUT2D eigenvalue weighted by Crippen LogP contribution is -2.36. The molecule has 4 aromatic rings. The zero-order valence-electron chi connectivity index (χ0n) is 18.0. The van der Waals surface area contributed by atoms with Crippen LogP contribution in [0.25, 0.3) is 22.5 Å². The number of imidazole rings is 1. The maximum absolute atomic E-state index is 13.4. The molecule has 0 spiro atoms. The molecule has 160 valence electrons. The highest BCUT2D eigenvalue weighted by Crippen LogP contribution is 2.36. The van der Waals surface area contributed by atoms with Crippen LogP contribution >= 0.6 is 11.8 Å². The van der Waals surface area contributed by atoms with E-state index in [0.717, 1.165) is 52.7 Å². The number of aromatic amines is 1. The second-order valence-corrected chi connectivity index (χ2v) is 9.07. The van der Waals surface area contributed by atoms with Crippen LogP contribution in [0.4, 0.5) is 5.69 Å². The number of para-hydroxylation sites is 1. The van der Waals surface area contributed by atoms with Gasteiger partial charge in [0.25, 0.3) is 0 Å². The van der Waals surface area contributed by atoms with Gasteiger partial charge in [-0.05, 0) is 24.5 Å². The molecule has 1 unspecified atom stereocenters. The van der Waals surface area contributed by atoms with Crippen LogP contribution in [0.1, 0.15) is 18.9 Å². The van der Waals surface area contributed by atoms with Crippen molar-refractivity contribution in [1.29, 1.82) is 0 Å². The highest BCUT2D eigenvalue weighted by Gasteiger charge is 2.30. The number of benzene rings is 3. The molecular formula is C27H25N3OS. The summed E-state index contributed by atoms with van der Waals surface area (Å²) in [6, 6.07) is 28.6. The van der Waals surface area contributed by atoms with Crippen molar-refractivity contribution in [1.82, 2.24) is 9.97 Å². The van der Waals surface area contributed by atoms with E-state index in [1.165, 1.54) is 17.3 Å². The minimum Gasteiger partial charge on any atom is -0.332 e.